The SMILES string of the molecule is COc1ccc(C(O)C(=O)NC2CCC(Sc3ncccn3)CC2)cc1. The molecule has 1 atom stereocenters. The quantitative estimate of drug-likeness (QED) is 0.758. The van der Waals surface area contributed by atoms with Gasteiger partial charge in [0.1, 0.15) is 5.75 Å². The van der Waals surface area contributed by atoms with Gasteiger partial charge < -0.3 is 15.2 Å². The van der Waals surface area contributed by atoms with Crippen molar-refractivity contribution in [3.8, 4) is 5.75 Å². The molecular formula is C19H23N3O3S. The Bertz CT molecular complexity index is 704. The fraction of sp³-hybridized carbons (Fsp3) is 0.421. The molecule has 0 radical (unpaired) electrons. The first-order chi connectivity index (χ1) is 12.7. The molecular weight excluding hydrogens is 350 g/mol. The number of nitrogens with zero attached hydrogens (tertiary/aromatic N) is 2. The van der Waals surface area contributed by atoms with Crippen molar-refractivity contribution < 1.29 is 14.6 Å². The van der Waals surface area contributed by atoms with Gasteiger partial charge in [-0.05, 0) is 49.4 Å². The molecule has 1 saturated carbocycles. The first kappa shape index (κ1) is 18.7. The summed E-state index contributed by atoms with van der Waals surface area (Å²) in [5.74, 6) is 0.345. The Kier molecular flexibility index (Phi) is 6.46. The van der Waals surface area contributed by atoms with Gasteiger partial charge in [-0.25, -0.2) is 9.97 Å². The van der Waals surface area contributed by atoms with Crippen LogP contribution in [0, 0.1) is 0 Å². The lowest BCUT2D eigenvalue weighted by molar-refractivity contribution is -0.130. The number of aromatic nitrogens is 2. The lowest BCUT2D eigenvalue weighted by atomic mass is 9.94. The van der Waals surface area contributed by atoms with E-state index in [4.69, 9.17) is 4.74 Å². The Hall–Kier alpha value is -2.12. The van der Waals surface area contributed by atoms with Gasteiger partial charge in [-0.2, -0.15) is 0 Å². The highest BCUT2D eigenvalue weighted by Gasteiger charge is 2.26. The minimum atomic E-state index is -1.16. The van der Waals surface area contributed by atoms with Crippen LogP contribution in [0.5, 0.6) is 5.75 Å². The van der Waals surface area contributed by atoms with Crippen LogP contribution in [0.1, 0.15) is 37.4 Å². The molecule has 0 aliphatic heterocycles. The molecule has 1 aliphatic rings. The molecule has 2 aromatic rings. The van der Waals surface area contributed by atoms with Gasteiger partial charge in [-0.1, -0.05) is 23.9 Å². The van der Waals surface area contributed by atoms with E-state index in [0.29, 0.717) is 16.6 Å². The van der Waals surface area contributed by atoms with Gasteiger partial charge in [-0.15, -0.1) is 0 Å². The molecule has 0 bridgehead atoms. The molecule has 3 rings (SSSR count). The van der Waals surface area contributed by atoms with Gasteiger partial charge in [0.25, 0.3) is 5.91 Å². The predicted molar refractivity (Wildman–Crippen MR) is 100 cm³/mol. The number of hydrogen-bond acceptors (Lipinski definition) is 6. The van der Waals surface area contributed by atoms with E-state index in [9.17, 15) is 9.90 Å². The third-order valence-corrected chi connectivity index (χ3v) is 5.74. The molecule has 1 aromatic heterocycles. The largest absolute Gasteiger partial charge is 0.497 e. The Balaban J connectivity index is 1.46. The number of amides is 1. The van der Waals surface area contributed by atoms with Crippen LogP contribution in [0.4, 0.5) is 0 Å². The second-order valence-corrected chi connectivity index (χ2v) is 7.57. The van der Waals surface area contributed by atoms with Gasteiger partial charge in [0.2, 0.25) is 0 Å². The minimum absolute atomic E-state index is 0.101. The van der Waals surface area contributed by atoms with E-state index in [1.54, 1.807) is 55.5 Å². The van der Waals surface area contributed by atoms with Gasteiger partial charge >= 0.3 is 0 Å². The number of benzene rings is 1. The molecule has 7 heteroatoms. The summed E-state index contributed by atoms with van der Waals surface area (Å²) in [5, 5.41) is 14.5. The molecule has 0 saturated heterocycles. The maximum atomic E-state index is 12.3. The molecule has 0 spiro atoms. The molecule has 1 aromatic carbocycles. The Morgan fingerprint density at radius 1 is 1.19 bits per heavy atom. The van der Waals surface area contributed by atoms with Crippen molar-refractivity contribution in [3.63, 3.8) is 0 Å². The molecule has 1 amide bonds. The second-order valence-electron chi connectivity index (χ2n) is 6.31. The van der Waals surface area contributed by atoms with Crippen molar-refractivity contribution in [2.45, 2.75) is 48.2 Å². The number of rotatable bonds is 6. The number of aliphatic hydroxyl groups excluding tert-OH is 1. The number of carbonyl (C=O) groups excluding carboxylic acids is 1. The van der Waals surface area contributed by atoms with Crippen molar-refractivity contribution in [1.29, 1.82) is 0 Å². The van der Waals surface area contributed by atoms with Crippen LogP contribution in [-0.4, -0.2) is 39.4 Å². The lowest BCUT2D eigenvalue weighted by Crippen LogP contribution is -2.40. The topological polar surface area (TPSA) is 84.3 Å². The summed E-state index contributed by atoms with van der Waals surface area (Å²) in [7, 11) is 1.58. The number of methoxy groups -OCH3 is 1. The highest BCUT2D eigenvalue weighted by molar-refractivity contribution is 7.99. The highest BCUT2D eigenvalue weighted by Crippen LogP contribution is 2.32. The summed E-state index contributed by atoms with van der Waals surface area (Å²) in [6.07, 6.45) is 6.12. The van der Waals surface area contributed by atoms with Crippen molar-refractivity contribution in [2.75, 3.05) is 7.11 Å². The van der Waals surface area contributed by atoms with E-state index in [0.717, 1.165) is 30.8 Å². The van der Waals surface area contributed by atoms with Crippen molar-refractivity contribution in [1.82, 2.24) is 15.3 Å². The Labute approximate surface area is 157 Å². The molecule has 2 N–H and O–H groups in total. The van der Waals surface area contributed by atoms with Crippen LogP contribution in [0.3, 0.4) is 0 Å². The summed E-state index contributed by atoms with van der Waals surface area (Å²) >= 11 is 1.70. The minimum Gasteiger partial charge on any atom is -0.497 e. The average Bonchev–Trinajstić information content (AvgIpc) is 2.70. The van der Waals surface area contributed by atoms with Gasteiger partial charge in [0.15, 0.2) is 11.3 Å². The fourth-order valence-corrected chi connectivity index (χ4v) is 4.09. The summed E-state index contributed by atoms with van der Waals surface area (Å²) in [4.78, 5) is 20.8. The molecule has 1 heterocycles. The van der Waals surface area contributed by atoms with E-state index in [2.05, 4.69) is 15.3 Å². The first-order valence-corrected chi connectivity index (χ1v) is 9.59. The molecule has 6 nitrogen and oxygen atoms in total. The van der Waals surface area contributed by atoms with Gasteiger partial charge in [-0.3, -0.25) is 4.79 Å². The zero-order valence-corrected chi connectivity index (χ0v) is 15.5. The maximum Gasteiger partial charge on any atom is 0.253 e. The molecule has 1 unspecified atom stereocenters. The standard InChI is InChI=1S/C19H23N3O3S/c1-25-15-7-3-13(4-8-15)17(23)18(24)22-14-5-9-16(10-6-14)26-19-20-11-2-12-21-19/h2-4,7-8,11-12,14,16-17,23H,5-6,9-10H2,1H3,(H,22,24). The van der Waals surface area contributed by atoms with Crippen LogP contribution in [0.2, 0.25) is 0 Å². The zero-order valence-electron chi connectivity index (χ0n) is 14.7. The van der Waals surface area contributed by atoms with E-state index in [1.165, 1.54) is 0 Å². The van der Waals surface area contributed by atoms with E-state index in [1.807, 2.05) is 6.07 Å². The Morgan fingerprint density at radius 3 is 2.46 bits per heavy atom. The predicted octanol–water partition coefficient (Wildman–Crippen LogP) is 2.74. The van der Waals surface area contributed by atoms with Crippen molar-refractivity contribution in [3.05, 3.63) is 48.3 Å². The number of nitrogens with one attached hydrogen (secondary N) is 1. The van der Waals surface area contributed by atoms with Crippen LogP contribution >= 0.6 is 11.8 Å². The number of ether oxygens (including phenoxy) is 1. The summed E-state index contributed by atoms with van der Waals surface area (Å²) in [5.41, 5.74) is 0.564. The average molecular weight is 373 g/mol. The number of hydrogen-bond donors (Lipinski definition) is 2. The number of carbonyl (C=O) groups is 1. The monoisotopic (exact) mass is 373 g/mol. The van der Waals surface area contributed by atoms with E-state index >= 15 is 0 Å². The van der Waals surface area contributed by atoms with Crippen LogP contribution in [0.25, 0.3) is 0 Å². The normalized spacial score (nSPS) is 21.0. The maximum absolute atomic E-state index is 12.3. The smallest absolute Gasteiger partial charge is 0.253 e. The number of aliphatic hydroxyl groups is 1. The van der Waals surface area contributed by atoms with Gasteiger partial charge in [0.05, 0.1) is 7.11 Å². The van der Waals surface area contributed by atoms with Crippen LogP contribution in [-0.2, 0) is 4.79 Å². The van der Waals surface area contributed by atoms with Crippen LogP contribution < -0.4 is 10.1 Å². The summed E-state index contributed by atoms with van der Waals surface area (Å²) in [6.45, 7) is 0. The number of thioether (sulfide) groups is 1. The zero-order chi connectivity index (χ0) is 18.4. The molecule has 138 valence electrons. The van der Waals surface area contributed by atoms with E-state index < -0.39 is 6.10 Å². The first-order valence-electron chi connectivity index (χ1n) is 8.72. The van der Waals surface area contributed by atoms with Crippen molar-refractivity contribution in [2.24, 2.45) is 0 Å². The third kappa shape index (κ3) is 4.95. The third-order valence-electron chi connectivity index (χ3n) is 4.51. The van der Waals surface area contributed by atoms with Gasteiger partial charge in [0, 0.05) is 23.7 Å². The Morgan fingerprint density at radius 2 is 1.85 bits per heavy atom. The summed E-state index contributed by atoms with van der Waals surface area (Å²) in [6, 6.07) is 8.79. The second kappa shape index (κ2) is 9.00. The van der Waals surface area contributed by atoms with Crippen LogP contribution in [0.15, 0.2) is 47.9 Å². The summed E-state index contributed by atoms with van der Waals surface area (Å²) < 4.78 is 5.09. The molecule has 1 fully saturated rings. The molecule has 26 heavy (non-hydrogen) atoms. The lowest BCUT2D eigenvalue weighted by Gasteiger charge is -2.29. The highest BCUT2D eigenvalue weighted by atomic mass is 32.2. The van der Waals surface area contributed by atoms with E-state index in [-0.39, 0.29) is 11.9 Å². The van der Waals surface area contributed by atoms with Crippen molar-refractivity contribution >= 4 is 17.7 Å². The fourth-order valence-electron chi connectivity index (χ4n) is 3.04. The molecule has 1 aliphatic carbocycles.